The molecule has 7 heteroatoms. The van der Waals surface area contributed by atoms with Crippen LogP contribution in [0.2, 0.25) is 0 Å². The molecular formula is C23H21N4OS2. The maximum Gasteiger partial charge on any atom is 0.224 e. The molecule has 0 bridgehead atoms. The lowest BCUT2D eigenvalue weighted by atomic mass is 10.0. The Labute approximate surface area is 183 Å². The smallest absolute Gasteiger partial charge is 0.224 e. The number of benzene rings is 1. The highest BCUT2D eigenvalue weighted by Gasteiger charge is 2.19. The van der Waals surface area contributed by atoms with Gasteiger partial charge in [0.2, 0.25) is 5.91 Å². The lowest BCUT2D eigenvalue weighted by molar-refractivity contribution is -0.118. The molecule has 1 radical (unpaired) electrons. The van der Waals surface area contributed by atoms with Gasteiger partial charge in [-0.15, -0.1) is 22.7 Å². The van der Waals surface area contributed by atoms with E-state index in [9.17, 15) is 4.79 Å². The number of thiazole rings is 1. The number of hydrogen-bond donors (Lipinski definition) is 2. The number of hydrogen-bond acceptors (Lipinski definition) is 6. The van der Waals surface area contributed by atoms with Crippen molar-refractivity contribution in [3.05, 3.63) is 94.9 Å². The van der Waals surface area contributed by atoms with Crippen LogP contribution in [-0.2, 0) is 17.6 Å². The Hall–Kier alpha value is -3.03. The first-order valence-corrected chi connectivity index (χ1v) is 11.3. The van der Waals surface area contributed by atoms with E-state index in [0.29, 0.717) is 12.8 Å². The van der Waals surface area contributed by atoms with Crippen LogP contribution in [0.15, 0.2) is 71.7 Å². The largest absolute Gasteiger partial charge is 0.399 e. The molecule has 0 aliphatic carbocycles. The first kappa shape index (κ1) is 20.3. The highest BCUT2D eigenvalue weighted by Crippen LogP contribution is 2.30. The molecule has 4 aromatic rings. The van der Waals surface area contributed by atoms with Crippen LogP contribution in [0.4, 0.5) is 5.69 Å². The highest BCUT2D eigenvalue weighted by atomic mass is 32.1. The number of anilines is 1. The third-order valence-corrected chi connectivity index (χ3v) is 6.52. The number of carbonyl (C=O) groups is 1. The first-order valence-electron chi connectivity index (χ1n) is 9.54. The Bertz CT molecular complexity index is 1080. The summed E-state index contributed by atoms with van der Waals surface area (Å²) in [6, 6.07) is 15.4. The van der Waals surface area contributed by atoms with E-state index in [1.807, 2.05) is 53.2 Å². The van der Waals surface area contributed by atoms with E-state index in [0.717, 1.165) is 32.4 Å². The molecule has 3 aromatic heterocycles. The molecule has 30 heavy (non-hydrogen) atoms. The maximum absolute atomic E-state index is 12.7. The van der Waals surface area contributed by atoms with Crippen molar-refractivity contribution in [2.45, 2.75) is 18.9 Å². The minimum absolute atomic E-state index is 0.113. The SMILES string of the molecule is Nc1ccc(C[C@H](NC(=O)[CH]Cc2ccncc2)c2csc(-c3cccs3)n2)cc1. The molecule has 0 unspecified atom stereocenters. The van der Waals surface area contributed by atoms with Gasteiger partial charge in [0.05, 0.1) is 23.0 Å². The number of nitrogens with one attached hydrogen (secondary N) is 1. The van der Waals surface area contributed by atoms with Crippen LogP contribution in [0.5, 0.6) is 0 Å². The second-order valence-electron chi connectivity index (χ2n) is 6.83. The van der Waals surface area contributed by atoms with E-state index in [-0.39, 0.29) is 11.9 Å². The summed E-state index contributed by atoms with van der Waals surface area (Å²) in [4.78, 5) is 22.6. The quantitative estimate of drug-likeness (QED) is 0.395. The highest BCUT2D eigenvalue weighted by molar-refractivity contribution is 7.20. The van der Waals surface area contributed by atoms with Crippen LogP contribution in [0.3, 0.4) is 0 Å². The van der Waals surface area contributed by atoms with Gasteiger partial charge in [0, 0.05) is 23.5 Å². The van der Waals surface area contributed by atoms with E-state index in [1.54, 1.807) is 41.5 Å². The fourth-order valence-corrected chi connectivity index (χ4v) is 4.73. The summed E-state index contributed by atoms with van der Waals surface area (Å²) in [6.45, 7) is 0. The molecule has 0 fully saturated rings. The molecule has 0 aliphatic heterocycles. The topological polar surface area (TPSA) is 80.9 Å². The zero-order valence-electron chi connectivity index (χ0n) is 16.2. The van der Waals surface area contributed by atoms with Crippen LogP contribution in [0, 0.1) is 6.42 Å². The molecule has 3 heterocycles. The number of nitrogens with two attached hydrogens (primary N) is 1. The summed E-state index contributed by atoms with van der Waals surface area (Å²) in [5.74, 6) is -0.113. The van der Waals surface area contributed by atoms with E-state index in [4.69, 9.17) is 10.7 Å². The monoisotopic (exact) mass is 433 g/mol. The molecule has 3 N–H and O–H groups in total. The van der Waals surface area contributed by atoms with Gasteiger partial charge in [0.15, 0.2) is 0 Å². The van der Waals surface area contributed by atoms with Gasteiger partial charge in [-0.25, -0.2) is 4.98 Å². The number of thiophene rings is 1. The van der Waals surface area contributed by atoms with Gasteiger partial charge in [-0.3, -0.25) is 9.78 Å². The first-order chi connectivity index (χ1) is 14.7. The molecule has 0 saturated heterocycles. The molecular weight excluding hydrogens is 412 g/mol. The predicted molar refractivity (Wildman–Crippen MR) is 123 cm³/mol. The normalized spacial score (nSPS) is 11.9. The van der Waals surface area contributed by atoms with Crippen LogP contribution in [-0.4, -0.2) is 15.9 Å². The predicted octanol–water partition coefficient (Wildman–Crippen LogP) is 4.70. The second kappa shape index (κ2) is 9.65. The van der Waals surface area contributed by atoms with Gasteiger partial charge in [0.25, 0.3) is 0 Å². The van der Waals surface area contributed by atoms with Gasteiger partial charge >= 0.3 is 0 Å². The van der Waals surface area contributed by atoms with Crippen molar-refractivity contribution in [2.75, 3.05) is 5.73 Å². The minimum Gasteiger partial charge on any atom is -0.399 e. The van der Waals surface area contributed by atoms with Gasteiger partial charge < -0.3 is 11.1 Å². The second-order valence-corrected chi connectivity index (χ2v) is 8.63. The van der Waals surface area contributed by atoms with Crippen LogP contribution >= 0.6 is 22.7 Å². The van der Waals surface area contributed by atoms with E-state index in [1.165, 1.54) is 0 Å². The minimum atomic E-state index is -0.222. The summed E-state index contributed by atoms with van der Waals surface area (Å²) in [6.07, 6.45) is 6.32. The van der Waals surface area contributed by atoms with E-state index >= 15 is 0 Å². The molecule has 4 rings (SSSR count). The fourth-order valence-electron chi connectivity index (χ4n) is 3.04. The van der Waals surface area contributed by atoms with Crippen molar-refractivity contribution >= 4 is 34.3 Å². The zero-order valence-corrected chi connectivity index (χ0v) is 17.8. The number of carbonyl (C=O) groups excluding carboxylic acids is 1. The summed E-state index contributed by atoms with van der Waals surface area (Å²) in [5, 5.41) is 8.17. The molecule has 151 valence electrons. The van der Waals surface area contributed by atoms with E-state index in [2.05, 4.69) is 16.4 Å². The average molecular weight is 434 g/mol. The molecule has 0 spiro atoms. The standard InChI is InChI=1S/C23H21N4OS2/c24-18-6-3-17(4-7-18)14-19(20-15-30-23(27-20)21-2-1-13-29-21)26-22(28)8-5-16-9-11-25-12-10-16/h1-4,6-13,15,19H,5,14,24H2,(H,26,28)/t19-/m0/s1. The Balaban J connectivity index is 1.49. The maximum atomic E-state index is 12.7. The van der Waals surface area contributed by atoms with Crippen molar-refractivity contribution in [1.29, 1.82) is 0 Å². The summed E-state index contributed by atoms with van der Waals surface area (Å²) < 4.78 is 0. The van der Waals surface area contributed by atoms with E-state index < -0.39 is 0 Å². The van der Waals surface area contributed by atoms with Crippen LogP contribution in [0.25, 0.3) is 9.88 Å². The van der Waals surface area contributed by atoms with Crippen LogP contribution < -0.4 is 11.1 Å². The molecule has 0 aliphatic rings. The lowest BCUT2D eigenvalue weighted by Crippen LogP contribution is -2.30. The summed E-state index contributed by atoms with van der Waals surface area (Å²) >= 11 is 3.26. The van der Waals surface area contributed by atoms with Crippen molar-refractivity contribution in [1.82, 2.24) is 15.3 Å². The number of nitrogen functional groups attached to an aromatic ring is 1. The Morgan fingerprint density at radius 1 is 1.07 bits per heavy atom. The molecule has 1 aromatic carbocycles. The summed E-state index contributed by atoms with van der Waals surface area (Å²) in [7, 11) is 0. The summed E-state index contributed by atoms with van der Waals surface area (Å²) in [5.41, 5.74) is 9.54. The zero-order chi connectivity index (χ0) is 20.8. The Morgan fingerprint density at radius 2 is 1.87 bits per heavy atom. The van der Waals surface area contributed by atoms with Crippen LogP contribution in [0.1, 0.15) is 22.9 Å². The number of rotatable bonds is 8. The fraction of sp³-hybridized carbons (Fsp3) is 0.130. The number of nitrogens with zero attached hydrogens (tertiary/aromatic N) is 2. The molecule has 1 amide bonds. The van der Waals surface area contributed by atoms with Crippen molar-refractivity contribution in [2.24, 2.45) is 0 Å². The Morgan fingerprint density at radius 3 is 2.60 bits per heavy atom. The molecule has 1 atom stereocenters. The third-order valence-electron chi connectivity index (χ3n) is 4.62. The van der Waals surface area contributed by atoms with Crippen molar-refractivity contribution in [3.8, 4) is 9.88 Å². The van der Waals surface area contributed by atoms with Crippen molar-refractivity contribution < 1.29 is 4.79 Å². The third kappa shape index (κ3) is 5.31. The van der Waals surface area contributed by atoms with Crippen molar-refractivity contribution in [3.63, 3.8) is 0 Å². The van der Waals surface area contributed by atoms with Gasteiger partial charge in [-0.1, -0.05) is 18.2 Å². The van der Waals surface area contributed by atoms with Gasteiger partial charge in [0.1, 0.15) is 5.01 Å². The lowest BCUT2D eigenvalue weighted by Gasteiger charge is -2.17. The number of pyridine rings is 1. The number of amides is 1. The van der Waals surface area contributed by atoms with Gasteiger partial charge in [-0.2, -0.15) is 0 Å². The average Bonchev–Trinajstić information content (AvgIpc) is 3.46. The van der Waals surface area contributed by atoms with Gasteiger partial charge in [-0.05, 0) is 59.7 Å². The Kier molecular flexibility index (Phi) is 6.51. The molecule has 5 nitrogen and oxygen atoms in total. The number of aromatic nitrogens is 2. The molecule has 0 saturated carbocycles.